The molecule has 2 aliphatic rings. The summed E-state index contributed by atoms with van der Waals surface area (Å²) in [6.07, 6.45) is 2.72. The van der Waals surface area contributed by atoms with E-state index in [1.807, 2.05) is 0 Å². The van der Waals surface area contributed by atoms with Crippen LogP contribution in [-0.2, 0) is 4.74 Å². The highest BCUT2D eigenvalue weighted by molar-refractivity contribution is 5.78. The maximum Gasteiger partial charge on any atom is 0.0591 e. The molecular formula is C19H21NO. The van der Waals surface area contributed by atoms with Crippen molar-refractivity contribution in [2.75, 3.05) is 19.8 Å². The summed E-state index contributed by atoms with van der Waals surface area (Å²) in [5.74, 6) is 0.845. The van der Waals surface area contributed by atoms with Crippen LogP contribution >= 0.6 is 0 Å². The van der Waals surface area contributed by atoms with E-state index in [4.69, 9.17) is 4.74 Å². The average molecular weight is 279 g/mol. The van der Waals surface area contributed by atoms with Crippen molar-refractivity contribution in [1.82, 2.24) is 5.32 Å². The van der Waals surface area contributed by atoms with Crippen molar-refractivity contribution in [3.63, 3.8) is 0 Å². The van der Waals surface area contributed by atoms with Gasteiger partial charge >= 0.3 is 0 Å². The Labute approximate surface area is 126 Å². The fraction of sp³-hybridized carbons (Fsp3) is 0.368. The zero-order chi connectivity index (χ0) is 14.1. The minimum Gasteiger partial charge on any atom is -0.380 e. The van der Waals surface area contributed by atoms with Crippen LogP contribution in [0.25, 0.3) is 11.1 Å². The first-order chi connectivity index (χ1) is 10.4. The molecule has 2 aromatic rings. The Morgan fingerprint density at radius 3 is 2.14 bits per heavy atom. The van der Waals surface area contributed by atoms with E-state index < -0.39 is 0 Å². The molecule has 0 bridgehead atoms. The molecule has 2 aromatic carbocycles. The Morgan fingerprint density at radius 1 is 0.905 bits per heavy atom. The molecule has 0 radical (unpaired) electrons. The van der Waals surface area contributed by atoms with Gasteiger partial charge in [-0.1, -0.05) is 48.5 Å². The number of nitrogens with one attached hydrogen (secondary N) is 1. The lowest BCUT2D eigenvalue weighted by Crippen LogP contribution is -2.25. The molecule has 1 fully saturated rings. The van der Waals surface area contributed by atoms with Gasteiger partial charge in [0.1, 0.15) is 0 Å². The summed E-state index contributed by atoms with van der Waals surface area (Å²) >= 11 is 0. The lowest BCUT2D eigenvalue weighted by molar-refractivity contribution is 0.125. The van der Waals surface area contributed by atoms with Gasteiger partial charge < -0.3 is 10.1 Å². The van der Waals surface area contributed by atoms with E-state index >= 15 is 0 Å². The van der Waals surface area contributed by atoms with Crippen LogP contribution in [0.15, 0.2) is 48.5 Å². The van der Waals surface area contributed by atoms with Crippen LogP contribution in [0.3, 0.4) is 0 Å². The van der Waals surface area contributed by atoms with Crippen molar-refractivity contribution in [2.24, 2.45) is 5.92 Å². The van der Waals surface area contributed by atoms with Gasteiger partial charge in [-0.3, -0.25) is 0 Å². The van der Waals surface area contributed by atoms with Gasteiger partial charge in [0.05, 0.1) is 12.6 Å². The van der Waals surface area contributed by atoms with Crippen LogP contribution < -0.4 is 5.32 Å². The molecule has 0 amide bonds. The number of ether oxygens (including phenoxy) is 1. The Bertz CT molecular complexity index is 587. The Balaban J connectivity index is 1.46. The zero-order valence-corrected chi connectivity index (χ0v) is 12.2. The van der Waals surface area contributed by atoms with Crippen LogP contribution in [0.1, 0.15) is 30.0 Å². The number of rotatable bonds is 6. The highest BCUT2D eigenvalue weighted by atomic mass is 16.5. The molecule has 1 N–H and O–H groups in total. The first-order valence-electron chi connectivity index (χ1n) is 7.93. The van der Waals surface area contributed by atoms with E-state index in [2.05, 4.69) is 53.8 Å². The topological polar surface area (TPSA) is 21.3 Å². The van der Waals surface area contributed by atoms with E-state index in [0.29, 0.717) is 6.04 Å². The van der Waals surface area contributed by atoms with Gasteiger partial charge in [0.25, 0.3) is 0 Å². The van der Waals surface area contributed by atoms with Crippen molar-refractivity contribution in [2.45, 2.75) is 18.9 Å². The second-order valence-corrected chi connectivity index (χ2v) is 6.08. The lowest BCUT2D eigenvalue weighted by atomic mass is 10.1. The van der Waals surface area contributed by atoms with Crippen molar-refractivity contribution in [1.29, 1.82) is 0 Å². The molecule has 2 aliphatic carbocycles. The Kier molecular flexibility index (Phi) is 3.50. The highest BCUT2D eigenvalue weighted by Gasteiger charge is 2.27. The standard InChI is InChI=1S/C19H21NO/c1-3-7-17-15(5-1)16-6-2-4-8-18(16)19(17)20-11-12-21-13-14-9-10-14/h1-8,14,19-20H,9-13H2. The summed E-state index contributed by atoms with van der Waals surface area (Å²) in [4.78, 5) is 0. The number of benzene rings is 2. The molecule has 0 aromatic heterocycles. The molecule has 0 heterocycles. The summed E-state index contributed by atoms with van der Waals surface area (Å²) in [6, 6.07) is 17.7. The Morgan fingerprint density at radius 2 is 1.52 bits per heavy atom. The minimum absolute atomic E-state index is 0.307. The van der Waals surface area contributed by atoms with E-state index in [1.54, 1.807) is 0 Å². The van der Waals surface area contributed by atoms with E-state index in [9.17, 15) is 0 Å². The fourth-order valence-corrected chi connectivity index (χ4v) is 3.19. The molecule has 2 heteroatoms. The predicted octanol–water partition coefficient (Wildman–Crippen LogP) is 3.77. The zero-order valence-electron chi connectivity index (χ0n) is 12.2. The van der Waals surface area contributed by atoms with Crippen LogP contribution in [0, 0.1) is 5.92 Å². The van der Waals surface area contributed by atoms with Crippen LogP contribution in [0.4, 0.5) is 0 Å². The second kappa shape index (κ2) is 5.63. The molecule has 4 rings (SSSR count). The molecule has 21 heavy (non-hydrogen) atoms. The monoisotopic (exact) mass is 279 g/mol. The number of hydrogen-bond acceptors (Lipinski definition) is 2. The SMILES string of the molecule is c1ccc2c(c1)-c1ccccc1C2NCCOCC1CC1. The van der Waals surface area contributed by atoms with Crippen molar-refractivity contribution >= 4 is 0 Å². The third kappa shape index (κ3) is 2.61. The van der Waals surface area contributed by atoms with E-state index in [0.717, 1.165) is 25.7 Å². The van der Waals surface area contributed by atoms with Gasteiger partial charge in [-0.2, -0.15) is 0 Å². The smallest absolute Gasteiger partial charge is 0.0591 e. The van der Waals surface area contributed by atoms with Crippen LogP contribution in [0.2, 0.25) is 0 Å². The molecule has 0 spiro atoms. The van der Waals surface area contributed by atoms with Gasteiger partial charge in [-0.15, -0.1) is 0 Å². The van der Waals surface area contributed by atoms with Crippen LogP contribution in [-0.4, -0.2) is 19.8 Å². The lowest BCUT2D eigenvalue weighted by Gasteiger charge is -2.16. The third-order valence-corrected chi connectivity index (χ3v) is 4.48. The van der Waals surface area contributed by atoms with Gasteiger partial charge in [0, 0.05) is 13.2 Å². The molecule has 0 unspecified atom stereocenters. The van der Waals surface area contributed by atoms with Crippen molar-refractivity contribution in [3.05, 3.63) is 59.7 Å². The summed E-state index contributed by atoms with van der Waals surface area (Å²) in [6.45, 7) is 2.65. The van der Waals surface area contributed by atoms with Gasteiger partial charge in [-0.25, -0.2) is 0 Å². The summed E-state index contributed by atoms with van der Waals surface area (Å²) < 4.78 is 5.73. The maximum atomic E-state index is 5.73. The summed E-state index contributed by atoms with van der Waals surface area (Å²) in [5, 5.41) is 3.66. The van der Waals surface area contributed by atoms with E-state index in [1.165, 1.54) is 35.1 Å². The van der Waals surface area contributed by atoms with Gasteiger partial charge in [0.2, 0.25) is 0 Å². The molecule has 2 nitrogen and oxygen atoms in total. The summed E-state index contributed by atoms with van der Waals surface area (Å²) in [7, 11) is 0. The van der Waals surface area contributed by atoms with Gasteiger partial charge in [0.15, 0.2) is 0 Å². The molecule has 0 aliphatic heterocycles. The predicted molar refractivity (Wildman–Crippen MR) is 85.3 cm³/mol. The fourth-order valence-electron chi connectivity index (χ4n) is 3.19. The first-order valence-corrected chi connectivity index (χ1v) is 7.93. The minimum atomic E-state index is 0.307. The normalized spacial score (nSPS) is 16.8. The molecule has 0 atom stereocenters. The van der Waals surface area contributed by atoms with Crippen molar-refractivity contribution < 1.29 is 4.74 Å². The Hall–Kier alpha value is -1.64. The maximum absolute atomic E-state index is 5.73. The second-order valence-electron chi connectivity index (χ2n) is 6.08. The largest absolute Gasteiger partial charge is 0.380 e. The first kappa shape index (κ1) is 13.1. The molecular weight excluding hydrogens is 258 g/mol. The van der Waals surface area contributed by atoms with Crippen LogP contribution in [0.5, 0.6) is 0 Å². The number of hydrogen-bond donors (Lipinski definition) is 1. The van der Waals surface area contributed by atoms with E-state index in [-0.39, 0.29) is 0 Å². The summed E-state index contributed by atoms with van der Waals surface area (Å²) in [5.41, 5.74) is 5.51. The molecule has 1 saturated carbocycles. The average Bonchev–Trinajstić information content (AvgIpc) is 3.30. The molecule has 108 valence electrons. The van der Waals surface area contributed by atoms with Crippen molar-refractivity contribution in [3.8, 4) is 11.1 Å². The molecule has 0 saturated heterocycles. The highest BCUT2D eigenvalue weighted by Crippen LogP contribution is 2.42. The van der Waals surface area contributed by atoms with Gasteiger partial charge in [-0.05, 0) is 41.0 Å². The quantitative estimate of drug-likeness (QED) is 0.813. The third-order valence-electron chi connectivity index (χ3n) is 4.48. The number of fused-ring (bicyclic) bond motifs is 3.